The van der Waals surface area contributed by atoms with Gasteiger partial charge in [0.25, 0.3) is 0 Å². The predicted octanol–water partition coefficient (Wildman–Crippen LogP) is 3.66. The van der Waals surface area contributed by atoms with Crippen LogP contribution in [-0.4, -0.2) is 52.3 Å². The fourth-order valence-electron chi connectivity index (χ4n) is 2.90. The van der Waals surface area contributed by atoms with Crippen LogP contribution in [0.4, 0.5) is 14.5 Å². The van der Waals surface area contributed by atoms with E-state index in [2.05, 4.69) is 15.6 Å². The highest BCUT2D eigenvalue weighted by Crippen LogP contribution is 2.30. The van der Waals surface area contributed by atoms with Crippen molar-refractivity contribution in [1.29, 1.82) is 0 Å². The molecule has 0 fully saturated rings. The highest BCUT2D eigenvalue weighted by atomic mass is 19.1. The molecule has 0 spiro atoms. The molecule has 0 amide bonds. The van der Waals surface area contributed by atoms with Gasteiger partial charge in [0, 0.05) is 30.9 Å². The van der Waals surface area contributed by atoms with Crippen LogP contribution in [0, 0.1) is 11.6 Å². The molecule has 0 radical (unpaired) electrons. The SMILES string of the molecule is CCOc1ccc(NC(=NC)NCC(c2c(F)cccc2F)N(C)C)cc1OC. The van der Waals surface area contributed by atoms with Crippen molar-refractivity contribution in [2.45, 2.75) is 13.0 Å². The average molecular weight is 406 g/mol. The van der Waals surface area contributed by atoms with Gasteiger partial charge in [-0.25, -0.2) is 8.78 Å². The van der Waals surface area contributed by atoms with Crippen LogP contribution in [-0.2, 0) is 0 Å². The largest absolute Gasteiger partial charge is 0.493 e. The van der Waals surface area contributed by atoms with Gasteiger partial charge in [-0.3, -0.25) is 4.99 Å². The molecule has 2 rings (SSSR count). The Morgan fingerprint density at radius 2 is 1.83 bits per heavy atom. The zero-order valence-electron chi connectivity index (χ0n) is 17.4. The van der Waals surface area contributed by atoms with Gasteiger partial charge in [0.1, 0.15) is 11.6 Å². The summed E-state index contributed by atoms with van der Waals surface area (Å²) in [4.78, 5) is 5.94. The molecule has 0 aliphatic carbocycles. The Labute approximate surface area is 170 Å². The van der Waals surface area contributed by atoms with Crippen LogP contribution in [0.25, 0.3) is 0 Å². The van der Waals surface area contributed by atoms with Gasteiger partial charge in [-0.05, 0) is 45.3 Å². The third-order valence-electron chi connectivity index (χ3n) is 4.37. The molecule has 0 aliphatic heterocycles. The normalized spacial score (nSPS) is 12.6. The standard InChI is InChI=1S/C21H28F2N4O2/c1-6-29-18-11-10-14(12-19(18)28-5)26-21(24-2)25-13-17(27(3)4)20-15(22)8-7-9-16(20)23/h7-12,17H,6,13H2,1-5H3,(H2,24,25,26). The first-order valence-corrected chi connectivity index (χ1v) is 9.30. The molecule has 6 nitrogen and oxygen atoms in total. The lowest BCUT2D eigenvalue weighted by Gasteiger charge is -2.26. The van der Waals surface area contributed by atoms with Gasteiger partial charge >= 0.3 is 0 Å². The zero-order valence-corrected chi connectivity index (χ0v) is 17.4. The quantitative estimate of drug-likeness (QED) is 0.518. The van der Waals surface area contributed by atoms with Crippen LogP contribution in [0.5, 0.6) is 11.5 Å². The molecule has 2 aromatic carbocycles. The number of hydrogen-bond acceptors (Lipinski definition) is 4. The number of benzene rings is 2. The summed E-state index contributed by atoms with van der Waals surface area (Å²) in [6.07, 6.45) is 0. The van der Waals surface area contributed by atoms with Gasteiger partial charge < -0.3 is 25.0 Å². The van der Waals surface area contributed by atoms with E-state index >= 15 is 0 Å². The third-order valence-corrected chi connectivity index (χ3v) is 4.37. The number of nitrogens with one attached hydrogen (secondary N) is 2. The Balaban J connectivity index is 2.13. The van der Waals surface area contributed by atoms with Gasteiger partial charge in [0.15, 0.2) is 17.5 Å². The lowest BCUT2D eigenvalue weighted by Crippen LogP contribution is -2.38. The smallest absolute Gasteiger partial charge is 0.195 e. The minimum absolute atomic E-state index is 0.0168. The maximum Gasteiger partial charge on any atom is 0.195 e. The van der Waals surface area contributed by atoms with E-state index < -0.39 is 17.7 Å². The predicted molar refractivity (Wildman–Crippen MR) is 112 cm³/mol. The molecule has 0 aromatic heterocycles. The van der Waals surface area contributed by atoms with Crippen molar-refractivity contribution >= 4 is 11.6 Å². The molecule has 1 unspecified atom stereocenters. The lowest BCUT2D eigenvalue weighted by molar-refractivity contribution is 0.283. The second-order valence-corrected chi connectivity index (χ2v) is 6.49. The molecule has 2 N–H and O–H groups in total. The van der Waals surface area contributed by atoms with E-state index in [4.69, 9.17) is 9.47 Å². The zero-order chi connectivity index (χ0) is 21.4. The summed E-state index contributed by atoms with van der Waals surface area (Å²) in [5.74, 6) is 0.535. The van der Waals surface area contributed by atoms with Gasteiger partial charge in [-0.15, -0.1) is 0 Å². The van der Waals surface area contributed by atoms with Crippen LogP contribution in [0.2, 0.25) is 0 Å². The Morgan fingerprint density at radius 1 is 1.14 bits per heavy atom. The minimum Gasteiger partial charge on any atom is -0.493 e. The number of rotatable bonds is 8. The monoisotopic (exact) mass is 406 g/mol. The van der Waals surface area contributed by atoms with E-state index in [0.29, 0.717) is 24.1 Å². The van der Waals surface area contributed by atoms with Crippen molar-refractivity contribution in [3.05, 3.63) is 53.6 Å². The molecule has 0 saturated heterocycles. The van der Waals surface area contributed by atoms with Crippen molar-refractivity contribution in [3.8, 4) is 11.5 Å². The van der Waals surface area contributed by atoms with E-state index in [1.807, 2.05) is 13.0 Å². The number of guanidine groups is 1. The van der Waals surface area contributed by atoms with Crippen LogP contribution < -0.4 is 20.1 Å². The topological polar surface area (TPSA) is 58.1 Å². The molecular formula is C21H28F2N4O2. The van der Waals surface area contributed by atoms with E-state index in [1.54, 1.807) is 45.3 Å². The Bertz CT molecular complexity index is 823. The summed E-state index contributed by atoms with van der Waals surface area (Å²) >= 11 is 0. The van der Waals surface area contributed by atoms with E-state index in [0.717, 1.165) is 5.69 Å². The summed E-state index contributed by atoms with van der Waals surface area (Å²) in [7, 11) is 6.73. The Kier molecular flexibility index (Phi) is 8.21. The number of ether oxygens (including phenoxy) is 2. The van der Waals surface area contributed by atoms with Crippen LogP contribution in [0.15, 0.2) is 41.4 Å². The molecule has 1 atom stereocenters. The summed E-state index contributed by atoms with van der Waals surface area (Å²) in [5.41, 5.74) is 0.750. The molecule has 8 heteroatoms. The summed E-state index contributed by atoms with van der Waals surface area (Å²) < 4.78 is 39.3. The molecular weight excluding hydrogens is 378 g/mol. The molecule has 0 heterocycles. The number of anilines is 1. The maximum atomic E-state index is 14.2. The highest BCUT2D eigenvalue weighted by molar-refractivity contribution is 5.93. The highest BCUT2D eigenvalue weighted by Gasteiger charge is 2.22. The average Bonchev–Trinajstić information content (AvgIpc) is 2.69. The third kappa shape index (κ3) is 5.80. The van der Waals surface area contributed by atoms with Crippen molar-refractivity contribution in [1.82, 2.24) is 10.2 Å². The molecule has 0 bridgehead atoms. The molecule has 2 aromatic rings. The number of aliphatic imine (C=N–C) groups is 1. The first kappa shape index (κ1) is 22.4. The molecule has 29 heavy (non-hydrogen) atoms. The fourth-order valence-corrected chi connectivity index (χ4v) is 2.90. The van der Waals surface area contributed by atoms with Crippen molar-refractivity contribution < 1.29 is 18.3 Å². The van der Waals surface area contributed by atoms with Gasteiger partial charge in [-0.1, -0.05) is 6.07 Å². The summed E-state index contributed by atoms with van der Waals surface area (Å²) in [6.45, 7) is 2.68. The lowest BCUT2D eigenvalue weighted by atomic mass is 10.0. The number of likely N-dealkylation sites (N-methyl/N-ethyl adjacent to an activating group) is 1. The number of nitrogens with zero attached hydrogens (tertiary/aromatic N) is 2. The van der Waals surface area contributed by atoms with Crippen molar-refractivity contribution in [3.63, 3.8) is 0 Å². The fraction of sp³-hybridized carbons (Fsp3) is 0.381. The van der Waals surface area contributed by atoms with Gasteiger partial charge in [-0.2, -0.15) is 0 Å². The Hall–Kier alpha value is -2.87. The number of halogens is 2. The maximum absolute atomic E-state index is 14.2. The number of hydrogen-bond donors (Lipinski definition) is 2. The Morgan fingerprint density at radius 3 is 2.38 bits per heavy atom. The number of methoxy groups -OCH3 is 1. The second kappa shape index (κ2) is 10.6. The van der Waals surface area contributed by atoms with Crippen LogP contribution in [0.3, 0.4) is 0 Å². The van der Waals surface area contributed by atoms with Crippen LogP contribution >= 0.6 is 0 Å². The first-order valence-electron chi connectivity index (χ1n) is 9.30. The summed E-state index contributed by atoms with van der Waals surface area (Å²) in [5, 5.41) is 6.27. The van der Waals surface area contributed by atoms with Crippen molar-refractivity contribution in [2.24, 2.45) is 4.99 Å². The van der Waals surface area contributed by atoms with Gasteiger partial charge in [0.2, 0.25) is 0 Å². The van der Waals surface area contributed by atoms with E-state index in [9.17, 15) is 8.78 Å². The summed E-state index contributed by atoms with van der Waals surface area (Å²) in [6, 6.07) is 8.77. The van der Waals surface area contributed by atoms with Crippen LogP contribution in [0.1, 0.15) is 18.5 Å². The van der Waals surface area contributed by atoms with E-state index in [-0.39, 0.29) is 12.1 Å². The molecule has 158 valence electrons. The van der Waals surface area contributed by atoms with Gasteiger partial charge in [0.05, 0.1) is 19.8 Å². The van der Waals surface area contributed by atoms with Crippen molar-refractivity contribution in [2.75, 3.05) is 46.7 Å². The molecule has 0 saturated carbocycles. The first-order chi connectivity index (χ1) is 13.9. The molecule has 0 aliphatic rings. The minimum atomic E-state index is -0.579. The van der Waals surface area contributed by atoms with E-state index in [1.165, 1.54) is 18.2 Å². The second-order valence-electron chi connectivity index (χ2n) is 6.49.